The number of thioether (sulfide) groups is 1. The van der Waals surface area contributed by atoms with Crippen LogP contribution in [0.4, 0.5) is 0 Å². The number of hydrogen-bond acceptors (Lipinski definition) is 4. The fourth-order valence-electron chi connectivity index (χ4n) is 3.14. The van der Waals surface area contributed by atoms with Crippen LogP contribution in [0.2, 0.25) is 0 Å². The summed E-state index contributed by atoms with van der Waals surface area (Å²) in [6.45, 7) is 0.786. The van der Waals surface area contributed by atoms with E-state index in [0.717, 1.165) is 18.1 Å². The Hall–Kier alpha value is -1.00. The molecule has 1 unspecified atom stereocenters. The van der Waals surface area contributed by atoms with Gasteiger partial charge in [0, 0.05) is 31.1 Å². The molecule has 27 heavy (non-hydrogen) atoms. The number of guanidine groups is 1. The van der Waals surface area contributed by atoms with Gasteiger partial charge in [-0.2, -0.15) is 11.8 Å². The van der Waals surface area contributed by atoms with E-state index in [9.17, 15) is 8.42 Å². The Labute approximate surface area is 182 Å². The number of rotatable bonds is 6. The van der Waals surface area contributed by atoms with Crippen molar-refractivity contribution in [2.45, 2.75) is 18.2 Å². The Morgan fingerprint density at radius 3 is 2.74 bits per heavy atom. The average Bonchev–Trinajstić information content (AvgIpc) is 2.99. The summed E-state index contributed by atoms with van der Waals surface area (Å²) in [4.78, 5) is 4.19. The molecule has 1 saturated heterocycles. The van der Waals surface area contributed by atoms with E-state index in [0.29, 0.717) is 12.4 Å². The molecule has 0 aromatic heterocycles. The lowest BCUT2D eigenvalue weighted by molar-refractivity contribution is 0.599. The van der Waals surface area contributed by atoms with Crippen molar-refractivity contribution in [3.8, 4) is 0 Å². The van der Waals surface area contributed by atoms with Crippen LogP contribution in [-0.2, 0) is 15.6 Å². The summed E-state index contributed by atoms with van der Waals surface area (Å²) in [6.07, 6.45) is 0.652. The van der Waals surface area contributed by atoms with Crippen LogP contribution < -0.4 is 10.6 Å². The first-order chi connectivity index (χ1) is 12.6. The molecule has 0 radical (unpaired) electrons. The lowest BCUT2D eigenvalue weighted by Gasteiger charge is -2.16. The molecule has 2 aromatic carbocycles. The summed E-state index contributed by atoms with van der Waals surface area (Å²) in [5.41, 5.74) is 1.35. The SMILES string of the molecule is CN=C(NCCSCc1cccc2ccccc12)NC1CCS(=O)(=O)C1.I. The molecule has 0 saturated carbocycles. The van der Waals surface area contributed by atoms with Crippen LogP contribution in [0, 0.1) is 0 Å². The molecule has 0 spiro atoms. The summed E-state index contributed by atoms with van der Waals surface area (Å²) in [5.74, 6) is 3.06. The van der Waals surface area contributed by atoms with Crippen LogP contribution >= 0.6 is 35.7 Å². The van der Waals surface area contributed by atoms with Gasteiger partial charge in [0.1, 0.15) is 0 Å². The largest absolute Gasteiger partial charge is 0.356 e. The van der Waals surface area contributed by atoms with Crippen LogP contribution in [0.15, 0.2) is 47.5 Å². The quantitative estimate of drug-likeness (QED) is 0.266. The number of nitrogens with one attached hydrogen (secondary N) is 2. The van der Waals surface area contributed by atoms with Gasteiger partial charge >= 0.3 is 0 Å². The van der Waals surface area contributed by atoms with E-state index in [1.165, 1.54) is 16.3 Å². The predicted molar refractivity (Wildman–Crippen MR) is 127 cm³/mol. The van der Waals surface area contributed by atoms with E-state index in [2.05, 4.69) is 58.1 Å². The Balaban J connectivity index is 0.00000261. The second-order valence-electron chi connectivity index (χ2n) is 6.43. The first-order valence-corrected chi connectivity index (χ1v) is 11.8. The number of sulfone groups is 1. The van der Waals surface area contributed by atoms with Crippen LogP contribution in [0.3, 0.4) is 0 Å². The highest BCUT2D eigenvalue weighted by molar-refractivity contribution is 14.0. The van der Waals surface area contributed by atoms with Crippen LogP contribution in [0.25, 0.3) is 10.8 Å². The second kappa shape index (κ2) is 10.5. The monoisotopic (exact) mass is 519 g/mol. The average molecular weight is 519 g/mol. The van der Waals surface area contributed by atoms with Gasteiger partial charge in [0.25, 0.3) is 0 Å². The highest BCUT2D eigenvalue weighted by atomic mass is 127. The molecule has 1 aliphatic heterocycles. The minimum Gasteiger partial charge on any atom is -0.356 e. The lowest BCUT2D eigenvalue weighted by Crippen LogP contribution is -2.44. The van der Waals surface area contributed by atoms with Gasteiger partial charge in [-0.3, -0.25) is 4.99 Å². The molecule has 2 N–H and O–H groups in total. The van der Waals surface area contributed by atoms with Crippen LogP contribution in [0.1, 0.15) is 12.0 Å². The van der Waals surface area contributed by atoms with Crippen molar-refractivity contribution in [1.82, 2.24) is 10.6 Å². The van der Waals surface area contributed by atoms with E-state index < -0.39 is 9.84 Å². The third-order valence-electron chi connectivity index (χ3n) is 4.47. The van der Waals surface area contributed by atoms with E-state index in [-0.39, 0.29) is 41.5 Å². The summed E-state index contributed by atoms with van der Waals surface area (Å²) in [6, 6.07) is 14.9. The number of benzene rings is 2. The summed E-state index contributed by atoms with van der Waals surface area (Å²) < 4.78 is 23.1. The maximum atomic E-state index is 11.5. The molecule has 0 amide bonds. The second-order valence-corrected chi connectivity index (χ2v) is 9.77. The molecule has 1 aliphatic rings. The maximum Gasteiger partial charge on any atom is 0.191 e. The van der Waals surface area contributed by atoms with E-state index in [4.69, 9.17) is 0 Å². The fraction of sp³-hybridized carbons (Fsp3) is 0.421. The van der Waals surface area contributed by atoms with E-state index in [1.807, 2.05) is 11.8 Å². The normalized spacial score (nSPS) is 18.9. The Kier molecular flexibility index (Phi) is 8.68. The zero-order valence-corrected chi connectivity index (χ0v) is 19.3. The Morgan fingerprint density at radius 2 is 2.00 bits per heavy atom. The minimum absolute atomic E-state index is 0. The van der Waals surface area contributed by atoms with Gasteiger partial charge in [-0.05, 0) is 22.8 Å². The molecule has 1 fully saturated rings. The van der Waals surface area contributed by atoms with Crippen molar-refractivity contribution in [3.63, 3.8) is 0 Å². The lowest BCUT2D eigenvalue weighted by atomic mass is 10.1. The van der Waals surface area contributed by atoms with Crippen LogP contribution in [-0.4, -0.2) is 51.3 Å². The molecule has 8 heteroatoms. The van der Waals surface area contributed by atoms with Crippen molar-refractivity contribution in [2.24, 2.45) is 4.99 Å². The maximum absolute atomic E-state index is 11.5. The zero-order valence-electron chi connectivity index (χ0n) is 15.3. The van der Waals surface area contributed by atoms with Crippen molar-refractivity contribution < 1.29 is 8.42 Å². The standard InChI is InChI=1S/C19H25N3O2S2.HI/c1-20-19(22-17-9-12-26(23,24)14-17)21-10-11-25-13-16-7-4-6-15-5-2-3-8-18(15)16;/h2-8,17H,9-14H2,1H3,(H2,20,21,22);1H. The molecule has 5 nitrogen and oxygen atoms in total. The van der Waals surface area contributed by atoms with Crippen molar-refractivity contribution in [2.75, 3.05) is 30.9 Å². The molecule has 2 aromatic rings. The Bertz CT molecular complexity index is 882. The van der Waals surface area contributed by atoms with E-state index >= 15 is 0 Å². The van der Waals surface area contributed by atoms with E-state index in [1.54, 1.807) is 7.05 Å². The van der Waals surface area contributed by atoms with Crippen molar-refractivity contribution in [3.05, 3.63) is 48.0 Å². The van der Waals surface area contributed by atoms with Crippen LogP contribution in [0.5, 0.6) is 0 Å². The number of fused-ring (bicyclic) bond motifs is 1. The number of halogens is 1. The number of nitrogens with zero attached hydrogens (tertiary/aromatic N) is 1. The molecule has 0 aliphatic carbocycles. The van der Waals surface area contributed by atoms with Gasteiger partial charge in [0.15, 0.2) is 15.8 Å². The number of hydrogen-bond donors (Lipinski definition) is 2. The third-order valence-corrected chi connectivity index (χ3v) is 7.25. The van der Waals surface area contributed by atoms with Gasteiger partial charge in [-0.1, -0.05) is 42.5 Å². The Morgan fingerprint density at radius 1 is 1.22 bits per heavy atom. The van der Waals surface area contributed by atoms with Crippen molar-refractivity contribution >= 4 is 62.3 Å². The first kappa shape index (κ1) is 22.3. The van der Waals surface area contributed by atoms with Crippen molar-refractivity contribution in [1.29, 1.82) is 0 Å². The summed E-state index contributed by atoms with van der Waals surface area (Å²) >= 11 is 1.87. The highest BCUT2D eigenvalue weighted by Gasteiger charge is 2.28. The van der Waals surface area contributed by atoms with Gasteiger partial charge in [-0.25, -0.2) is 8.42 Å². The number of aliphatic imine (C=N–C) groups is 1. The molecule has 1 atom stereocenters. The topological polar surface area (TPSA) is 70.6 Å². The van der Waals surface area contributed by atoms with Gasteiger partial charge in [0.05, 0.1) is 11.5 Å². The first-order valence-electron chi connectivity index (χ1n) is 8.79. The molecule has 148 valence electrons. The third kappa shape index (κ3) is 6.53. The zero-order chi connectivity index (χ0) is 18.4. The minimum atomic E-state index is -2.88. The van der Waals surface area contributed by atoms with Gasteiger partial charge in [-0.15, -0.1) is 24.0 Å². The summed E-state index contributed by atoms with van der Waals surface area (Å²) in [5, 5.41) is 9.07. The summed E-state index contributed by atoms with van der Waals surface area (Å²) in [7, 11) is -1.17. The fourth-order valence-corrected chi connectivity index (χ4v) is 5.67. The van der Waals surface area contributed by atoms with Gasteiger partial charge < -0.3 is 10.6 Å². The molecular weight excluding hydrogens is 493 g/mol. The molecule has 1 heterocycles. The molecule has 0 bridgehead atoms. The van der Waals surface area contributed by atoms with Gasteiger partial charge in [0.2, 0.25) is 0 Å². The molecular formula is C19H26IN3O2S2. The smallest absolute Gasteiger partial charge is 0.191 e. The highest BCUT2D eigenvalue weighted by Crippen LogP contribution is 2.22. The predicted octanol–water partition coefficient (Wildman–Crippen LogP) is 3.04. The molecule has 3 rings (SSSR count).